The smallest absolute Gasteiger partial charge is 0.277 e. The number of rotatable bonds is 6. The van der Waals surface area contributed by atoms with Gasteiger partial charge in [-0.1, -0.05) is 30.0 Å². The van der Waals surface area contributed by atoms with Crippen molar-refractivity contribution in [3.05, 3.63) is 60.3 Å². The minimum atomic E-state index is -0.00972. The lowest BCUT2D eigenvalue weighted by molar-refractivity contribution is 0.102. The molecule has 0 unspecified atom stereocenters. The van der Waals surface area contributed by atoms with Crippen molar-refractivity contribution in [2.24, 2.45) is 0 Å². The predicted octanol–water partition coefficient (Wildman–Crippen LogP) is 4.20. The summed E-state index contributed by atoms with van der Waals surface area (Å²) < 4.78 is 10.8. The Hall–Kier alpha value is -3.06. The fraction of sp³-hybridized carbons (Fsp3) is 0.105. The molecule has 0 saturated carbocycles. The first kappa shape index (κ1) is 16.4. The van der Waals surface area contributed by atoms with Gasteiger partial charge in [0, 0.05) is 22.7 Å². The Kier molecular flexibility index (Phi) is 4.45. The molecule has 4 aromatic rings. The Morgan fingerprint density at radius 2 is 1.96 bits per heavy atom. The van der Waals surface area contributed by atoms with E-state index in [-0.39, 0.29) is 11.5 Å². The van der Waals surface area contributed by atoms with Gasteiger partial charge in [-0.25, -0.2) is 0 Å². The van der Waals surface area contributed by atoms with E-state index >= 15 is 0 Å². The van der Waals surface area contributed by atoms with E-state index in [2.05, 4.69) is 15.2 Å². The van der Waals surface area contributed by atoms with Gasteiger partial charge in [-0.15, -0.1) is 10.2 Å². The topological polar surface area (TPSA) is 81.0 Å². The average Bonchev–Trinajstić information content (AvgIpc) is 3.32. The molecule has 1 N–H and O–H groups in total. The quantitative estimate of drug-likeness (QED) is 0.407. The van der Waals surface area contributed by atoms with Gasteiger partial charge in [-0.3, -0.25) is 4.79 Å². The molecule has 7 heteroatoms. The van der Waals surface area contributed by atoms with E-state index in [0.29, 0.717) is 16.7 Å². The molecule has 0 bridgehead atoms. The first-order valence-electron chi connectivity index (χ1n) is 7.94. The van der Waals surface area contributed by atoms with Crippen molar-refractivity contribution in [3.8, 4) is 17.2 Å². The zero-order valence-corrected chi connectivity index (χ0v) is 14.7. The Morgan fingerprint density at radius 3 is 2.77 bits per heavy atom. The number of methoxy groups -OCH3 is 1. The van der Waals surface area contributed by atoms with Gasteiger partial charge in [0.15, 0.2) is 5.78 Å². The number of para-hydroxylation sites is 1. The van der Waals surface area contributed by atoms with E-state index in [9.17, 15) is 4.79 Å². The fourth-order valence-corrected chi connectivity index (χ4v) is 3.27. The summed E-state index contributed by atoms with van der Waals surface area (Å²) in [6.07, 6.45) is 1.84. The summed E-state index contributed by atoms with van der Waals surface area (Å²) in [4.78, 5) is 15.4. The molecule has 4 rings (SSSR count). The van der Waals surface area contributed by atoms with E-state index in [0.717, 1.165) is 22.2 Å². The maximum atomic E-state index is 12.3. The molecule has 0 aliphatic carbocycles. The highest BCUT2D eigenvalue weighted by Crippen LogP contribution is 2.29. The Balaban J connectivity index is 1.46. The second-order valence-electron chi connectivity index (χ2n) is 5.56. The van der Waals surface area contributed by atoms with E-state index in [1.165, 1.54) is 11.8 Å². The number of nitrogens with zero attached hydrogens (tertiary/aromatic N) is 2. The van der Waals surface area contributed by atoms with Crippen molar-refractivity contribution in [2.75, 3.05) is 12.9 Å². The van der Waals surface area contributed by atoms with Crippen molar-refractivity contribution < 1.29 is 13.9 Å². The molecule has 26 heavy (non-hydrogen) atoms. The fourth-order valence-electron chi connectivity index (χ4n) is 2.61. The molecule has 0 saturated heterocycles. The van der Waals surface area contributed by atoms with Crippen LogP contribution >= 0.6 is 11.8 Å². The molecule has 0 spiro atoms. The SMILES string of the molecule is COc1ccc(C(=O)CSc2nnc(-c3c[nH]c4ccccc34)o2)cc1. The minimum Gasteiger partial charge on any atom is -0.497 e. The average molecular weight is 365 g/mol. The molecule has 0 aliphatic rings. The van der Waals surface area contributed by atoms with E-state index < -0.39 is 0 Å². The zero-order valence-electron chi connectivity index (χ0n) is 13.9. The molecule has 130 valence electrons. The third kappa shape index (κ3) is 3.21. The molecule has 0 radical (unpaired) electrons. The number of Topliss-reactive ketones (excluding diaryl/α,β-unsaturated/α-hetero) is 1. The first-order valence-corrected chi connectivity index (χ1v) is 8.93. The Labute approximate surface area is 153 Å². The molecule has 0 atom stereocenters. The normalized spacial score (nSPS) is 11.0. The van der Waals surface area contributed by atoms with E-state index in [1.807, 2.05) is 30.5 Å². The molecule has 0 aliphatic heterocycles. The number of benzene rings is 2. The highest BCUT2D eigenvalue weighted by atomic mass is 32.2. The van der Waals surface area contributed by atoms with Crippen LogP contribution in [-0.2, 0) is 0 Å². The summed E-state index contributed by atoms with van der Waals surface area (Å²) in [6, 6.07) is 14.9. The van der Waals surface area contributed by atoms with Crippen LogP contribution in [0.15, 0.2) is 64.4 Å². The summed E-state index contributed by atoms with van der Waals surface area (Å²) in [7, 11) is 1.59. The van der Waals surface area contributed by atoms with Crippen LogP contribution in [-0.4, -0.2) is 33.8 Å². The van der Waals surface area contributed by atoms with Gasteiger partial charge in [0.2, 0.25) is 0 Å². The first-order chi connectivity index (χ1) is 12.7. The molecule has 2 aromatic heterocycles. The number of fused-ring (bicyclic) bond motifs is 1. The molecule has 6 nitrogen and oxygen atoms in total. The van der Waals surface area contributed by atoms with Crippen LogP contribution in [0.25, 0.3) is 22.4 Å². The largest absolute Gasteiger partial charge is 0.497 e. The lowest BCUT2D eigenvalue weighted by Crippen LogP contribution is -2.02. The number of aromatic nitrogens is 3. The lowest BCUT2D eigenvalue weighted by Gasteiger charge is -2.01. The number of aromatic amines is 1. The summed E-state index contributed by atoms with van der Waals surface area (Å²) in [5, 5.41) is 9.51. The molecular formula is C19H15N3O3S. The number of nitrogens with one attached hydrogen (secondary N) is 1. The van der Waals surface area contributed by atoms with Gasteiger partial charge in [-0.2, -0.15) is 0 Å². The number of H-pyrrole nitrogens is 1. The molecule has 0 fully saturated rings. The minimum absolute atomic E-state index is 0.00972. The van der Waals surface area contributed by atoms with E-state index in [4.69, 9.17) is 9.15 Å². The zero-order chi connectivity index (χ0) is 17.9. The van der Waals surface area contributed by atoms with Crippen molar-refractivity contribution in [3.63, 3.8) is 0 Å². The summed E-state index contributed by atoms with van der Waals surface area (Å²) >= 11 is 1.23. The van der Waals surface area contributed by atoms with Crippen LogP contribution in [0.4, 0.5) is 0 Å². The monoisotopic (exact) mass is 365 g/mol. The number of thioether (sulfide) groups is 1. The number of hydrogen-bond donors (Lipinski definition) is 1. The second kappa shape index (κ2) is 7.05. The van der Waals surface area contributed by atoms with Gasteiger partial charge in [0.05, 0.1) is 18.4 Å². The van der Waals surface area contributed by atoms with Gasteiger partial charge < -0.3 is 14.1 Å². The number of carbonyl (C=O) groups is 1. The van der Waals surface area contributed by atoms with Crippen LogP contribution in [0.2, 0.25) is 0 Å². The van der Waals surface area contributed by atoms with Crippen molar-refractivity contribution >= 4 is 28.4 Å². The number of ketones is 1. The maximum Gasteiger partial charge on any atom is 0.277 e. The summed E-state index contributed by atoms with van der Waals surface area (Å²) in [6.45, 7) is 0. The number of ether oxygens (including phenoxy) is 1. The van der Waals surface area contributed by atoms with Crippen LogP contribution in [0.1, 0.15) is 10.4 Å². The van der Waals surface area contributed by atoms with Gasteiger partial charge in [0.1, 0.15) is 5.75 Å². The molecular weight excluding hydrogens is 350 g/mol. The number of hydrogen-bond acceptors (Lipinski definition) is 6. The summed E-state index contributed by atoms with van der Waals surface area (Å²) in [5.74, 6) is 1.36. The van der Waals surface area contributed by atoms with Crippen LogP contribution in [0.3, 0.4) is 0 Å². The van der Waals surface area contributed by atoms with E-state index in [1.54, 1.807) is 31.4 Å². The van der Waals surface area contributed by atoms with Crippen LogP contribution in [0, 0.1) is 0 Å². The van der Waals surface area contributed by atoms with Gasteiger partial charge in [-0.05, 0) is 30.3 Å². The van der Waals surface area contributed by atoms with Crippen LogP contribution < -0.4 is 4.74 Å². The van der Waals surface area contributed by atoms with Crippen LogP contribution in [0.5, 0.6) is 5.75 Å². The predicted molar refractivity (Wildman–Crippen MR) is 99.6 cm³/mol. The third-order valence-electron chi connectivity index (χ3n) is 3.96. The molecule has 0 amide bonds. The summed E-state index contributed by atoms with van der Waals surface area (Å²) in [5.41, 5.74) is 2.47. The second-order valence-corrected chi connectivity index (χ2v) is 6.49. The van der Waals surface area contributed by atoms with Gasteiger partial charge in [0.25, 0.3) is 11.1 Å². The number of carbonyl (C=O) groups excluding carboxylic acids is 1. The highest BCUT2D eigenvalue weighted by Gasteiger charge is 2.15. The molecule has 2 heterocycles. The molecule has 2 aromatic carbocycles. The third-order valence-corrected chi connectivity index (χ3v) is 4.78. The van der Waals surface area contributed by atoms with Gasteiger partial charge >= 0.3 is 0 Å². The van der Waals surface area contributed by atoms with Crippen molar-refractivity contribution in [2.45, 2.75) is 5.22 Å². The highest BCUT2D eigenvalue weighted by molar-refractivity contribution is 7.99. The van der Waals surface area contributed by atoms with Crippen molar-refractivity contribution in [1.29, 1.82) is 0 Å². The lowest BCUT2D eigenvalue weighted by atomic mass is 10.1. The van der Waals surface area contributed by atoms with Crippen molar-refractivity contribution in [1.82, 2.24) is 15.2 Å². The maximum absolute atomic E-state index is 12.3. The Bertz CT molecular complexity index is 1050. The standard InChI is InChI=1S/C19H15N3O3S/c1-24-13-8-6-12(7-9-13)17(23)11-26-19-22-21-18(25-19)15-10-20-16-5-3-2-4-14(15)16/h2-10,20H,11H2,1H3. The Morgan fingerprint density at radius 1 is 1.15 bits per heavy atom.